The first kappa shape index (κ1) is 10.5. The van der Waals surface area contributed by atoms with E-state index in [1.807, 2.05) is 12.4 Å². The third-order valence-corrected chi connectivity index (χ3v) is 3.65. The standard InChI is InChI=1S/C13H20N2/c1-3-11-9-15(10-12(11)4-2)13-5-7-14-8-6-13/h5-8,11-12H,3-4,9-10H2,1-2H3. The van der Waals surface area contributed by atoms with Crippen molar-refractivity contribution in [3.05, 3.63) is 24.5 Å². The average Bonchev–Trinajstić information content (AvgIpc) is 2.73. The molecule has 0 aliphatic carbocycles. The molecule has 0 amide bonds. The molecule has 15 heavy (non-hydrogen) atoms. The van der Waals surface area contributed by atoms with Gasteiger partial charge in [-0.3, -0.25) is 4.98 Å². The molecule has 0 saturated carbocycles. The molecule has 2 nitrogen and oxygen atoms in total. The summed E-state index contributed by atoms with van der Waals surface area (Å²) in [5, 5.41) is 0. The van der Waals surface area contributed by atoms with E-state index in [0.717, 1.165) is 11.8 Å². The molecule has 1 fully saturated rings. The molecule has 2 rings (SSSR count). The zero-order chi connectivity index (χ0) is 10.7. The van der Waals surface area contributed by atoms with E-state index in [4.69, 9.17) is 0 Å². The summed E-state index contributed by atoms with van der Waals surface area (Å²) in [6.45, 7) is 7.06. The number of hydrogen-bond acceptors (Lipinski definition) is 2. The Kier molecular flexibility index (Phi) is 3.24. The van der Waals surface area contributed by atoms with Crippen LogP contribution in [0.4, 0.5) is 5.69 Å². The normalized spacial score (nSPS) is 25.9. The van der Waals surface area contributed by atoms with E-state index in [0.29, 0.717) is 0 Å². The van der Waals surface area contributed by atoms with Crippen molar-refractivity contribution in [3.63, 3.8) is 0 Å². The Hall–Kier alpha value is -1.05. The molecule has 1 aromatic rings. The van der Waals surface area contributed by atoms with Gasteiger partial charge in [0.1, 0.15) is 0 Å². The first-order valence-corrected chi connectivity index (χ1v) is 6.00. The van der Waals surface area contributed by atoms with Crippen molar-refractivity contribution in [2.45, 2.75) is 26.7 Å². The van der Waals surface area contributed by atoms with Gasteiger partial charge in [-0.05, 0) is 24.0 Å². The second-order valence-corrected chi connectivity index (χ2v) is 4.45. The fourth-order valence-electron chi connectivity index (χ4n) is 2.63. The van der Waals surface area contributed by atoms with Gasteiger partial charge in [0, 0.05) is 31.2 Å². The quantitative estimate of drug-likeness (QED) is 0.752. The van der Waals surface area contributed by atoms with Gasteiger partial charge < -0.3 is 4.90 Å². The number of anilines is 1. The van der Waals surface area contributed by atoms with Crippen molar-refractivity contribution in [2.75, 3.05) is 18.0 Å². The Labute approximate surface area is 92.3 Å². The van der Waals surface area contributed by atoms with E-state index >= 15 is 0 Å². The first-order valence-electron chi connectivity index (χ1n) is 6.00. The monoisotopic (exact) mass is 204 g/mol. The van der Waals surface area contributed by atoms with Gasteiger partial charge in [0.05, 0.1) is 0 Å². The topological polar surface area (TPSA) is 16.1 Å². The number of nitrogens with zero attached hydrogens (tertiary/aromatic N) is 2. The van der Waals surface area contributed by atoms with E-state index in [2.05, 4.69) is 35.9 Å². The van der Waals surface area contributed by atoms with E-state index < -0.39 is 0 Å². The van der Waals surface area contributed by atoms with Crippen LogP contribution in [0.15, 0.2) is 24.5 Å². The zero-order valence-electron chi connectivity index (χ0n) is 9.69. The zero-order valence-corrected chi connectivity index (χ0v) is 9.69. The summed E-state index contributed by atoms with van der Waals surface area (Å²) < 4.78 is 0. The number of aromatic nitrogens is 1. The van der Waals surface area contributed by atoms with Crippen molar-refractivity contribution in [2.24, 2.45) is 11.8 Å². The van der Waals surface area contributed by atoms with Gasteiger partial charge in [0.2, 0.25) is 0 Å². The molecule has 0 N–H and O–H groups in total. The van der Waals surface area contributed by atoms with Crippen molar-refractivity contribution in [3.8, 4) is 0 Å². The van der Waals surface area contributed by atoms with Crippen LogP contribution in [-0.2, 0) is 0 Å². The average molecular weight is 204 g/mol. The molecule has 2 atom stereocenters. The number of pyridine rings is 1. The highest BCUT2D eigenvalue weighted by Gasteiger charge is 2.29. The highest BCUT2D eigenvalue weighted by atomic mass is 15.2. The Balaban J connectivity index is 2.08. The fraction of sp³-hybridized carbons (Fsp3) is 0.615. The van der Waals surface area contributed by atoms with Crippen LogP contribution in [0.5, 0.6) is 0 Å². The third kappa shape index (κ3) is 2.14. The van der Waals surface area contributed by atoms with Gasteiger partial charge >= 0.3 is 0 Å². The van der Waals surface area contributed by atoms with Crippen LogP contribution >= 0.6 is 0 Å². The first-order chi connectivity index (χ1) is 7.35. The summed E-state index contributed by atoms with van der Waals surface area (Å²) in [4.78, 5) is 6.57. The van der Waals surface area contributed by atoms with Gasteiger partial charge in [-0.15, -0.1) is 0 Å². The summed E-state index contributed by atoms with van der Waals surface area (Å²) in [6, 6.07) is 4.23. The van der Waals surface area contributed by atoms with Gasteiger partial charge in [0.25, 0.3) is 0 Å². The lowest BCUT2D eigenvalue weighted by Crippen LogP contribution is -2.19. The molecule has 0 aromatic carbocycles. The van der Waals surface area contributed by atoms with Crippen LogP contribution in [0.1, 0.15) is 26.7 Å². The lowest BCUT2D eigenvalue weighted by molar-refractivity contribution is 0.397. The maximum atomic E-state index is 4.07. The van der Waals surface area contributed by atoms with Crippen LogP contribution in [0, 0.1) is 11.8 Å². The highest BCUT2D eigenvalue weighted by molar-refractivity contribution is 5.45. The van der Waals surface area contributed by atoms with Gasteiger partial charge in [-0.1, -0.05) is 26.7 Å². The van der Waals surface area contributed by atoms with Gasteiger partial charge in [0.15, 0.2) is 0 Å². The number of hydrogen-bond donors (Lipinski definition) is 0. The Morgan fingerprint density at radius 1 is 1.13 bits per heavy atom. The summed E-state index contributed by atoms with van der Waals surface area (Å²) in [5.41, 5.74) is 1.33. The molecule has 0 bridgehead atoms. The maximum Gasteiger partial charge on any atom is 0.0397 e. The Morgan fingerprint density at radius 2 is 1.67 bits per heavy atom. The Bertz CT molecular complexity index is 285. The highest BCUT2D eigenvalue weighted by Crippen LogP contribution is 2.31. The van der Waals surface area contributed by atoms with Crippen molar-refractivity contribution < 1.29 is 0 Å². The molecule has 1 saturated heterocycles. The second kappa shape index (κ2) is 4.65. The van der Waals surface area contributed by atoms with E-state index in [1.165, 1.54) is 31.6 Å². The second-order valence-electron chi connectivity index (χ2n) is 4.45. The molecule has 1 aliphatic rings. The predicted octanol–water partition coefficient (Wildman–Crippen LogP) is 2.95. The van der Waals surface area contributed by atoms with E-state index in [9.17, 15) is 0 Å². The molecular weight excluding hydrogens is 184 g/mol. The summed E-state index contributed by atoms with van der Waals surface area (Å²) in [5.74, 6) is 1.76. The lowest BCUT2D eigenvalue weighted by atomic mass is 9.92. The van der Waals surface area contributed by atoms with Crippen molar-refractivity contribution in [1.29, 1.82) is 0 Å². The minimum Gasteiger partial charge on any atom is -0.371 e. The summed E-state index contributed by atoms with van der Waals surface area (Å²) in [6.07, 6.45) is 6.38. The van der Waals surface area contributed by atoms with Crippen LogP contribution in [0.3, 0.4) is 0 Å². The molecule has 2 unspecified atom stereocenters. The Morgan fingerprint density at radius 3 is 2.13 bits per heavy atom. The molecular formula is C13H20N2. The SMILES string of the molecule is CCC1CN(c2ccncc2)CC1CC. The van der Waals surface area contributed by atoms with Crippen molar-refractivity contribution in [1.82, 2.24) is 4.98 Å². The van der Waals surface area contributed by atoms with Crippen LogP contribution in [-0.4, -0.2) is 18.1 Å². The molecule has 0 radical (unpaired) electrons. The molecule has 1 aliphatic heterocycles. The van der Waals surface area contributed by atoms with Crippen LogP contribution < -0.4 is 4.90 Å². The van der Waals surface area contributed by atoms with E-state index in [1.54, 1.807) is 0 Å². The molecule has 2 heteroatoms. The maximum absolute atomic E-state index is 4.07. The third-order valence-electron chi connectivity index (χ3n) is 3.65. The minimum absolute atomic E-state index is 0.878. The fourth-order valence-corrected chi connectivity index (χ4v) is 2.63. The smallest absolute Gasteiger partial charge is 0.0397 e. The molecule has 1 aromatic heterocycles. The van der Waals surface area contributed by atoms with E-state index in [-0.39, 0.29) is 0 Å². The molecule has 82 valence electrons. The van der Waals surface area contributed by atoms with Crippen molar-refractivity contribution >= 4 is 5.69 Å². The molecule has 0 spiro atoms. The van der Waals surface area contributed by atoms with Gasteiger partial charge in [-0.25, -0.2) is 0 Å². The predicted molar refractivity (Wildman–Crippen MR) is 64.0 cm³/mol. The summed E-state index contributed by atoms with van der Waals surface area (Å²) in [7, 11) is 0. The lowest BCUT2D eigenvalue weighted by Gasteiger charge is -2.17. The van der Waals surface area contributed by atoms with Crippen LogP contribution in [0.25, 0.3) is 0 Å². The number of rotatable bonds is 3. The largest absolute Gasteiger partial charge is 0.371 e. The van der Waals surface area contributed by atoms with Crippen LogP contribution in [0.2, 0.25) is 0 Å². The molecule has 2 heterocycles. The van der Waals surface area contributed by atoms with Gasteiger partial charge in [-0.2, -0.15) is 0 Å². The minimum atomic E-state index is 0.878. The summed E-state index contributed by atoms with van der Waals surface area (Å²) >= 11 is 0.